The van der Waals surface area contributed by atoms with E-state index in [0.29, 0.717) is 11.6 Å². The molecule has 0 radical (unpaired) electrons. The van der Waals surface area contributed by atoms with Gasteiger partial charge in [0.05, 0.1) is 17.1 Å². The molecular formula is C9H11ClN2O2. The van der Waals surface area contributed by atoms with Gasteiger partial charge in [-0.15, -0.1) is 0 Å². The monoisotopic (exact) mass is 214 g/mol. The number of hydrogen-bond donors (Lipinski definition) is 1. The number of aliphatic carboxylic acids is 1. The molecule has 1 aromatic heterocycles. The molecule has 1 aromatic rings. The van der Waals surface area contributed by atoms with Crippen LogP contribution in [0.3, 0.4) is 0 Å². The number of hydrogen-bond acceptors (Lipinski definition) is 3. The van der Waals surface area contributed by atoms with Gasteiger partial charge in [-0.05, 0) is 6.07 Å². The van der Waals surface area contributed by atoms with Gasteiger partial charge in [0.25, 0.3) is 0 Å². The van der Waals surface area contributed by atoms with Gasteiger partial charge >= 0.3 is 5.97 Å². The van der Waals surface area contributed by atoms with Gasteiger partial charge in [0.15, 0.2) is 0 Å². The molecule has 0 fully saturated rings. The third-order valence-corrected chi connectivity index (χ3v) is 2.11. The summed E-state index contributed by atoms with van der Waals surface area (Å²) in [5, 5.41) is 9.03. The van der Waals surface area contributed by atoms with E-state index < -0.39 is 5.97 Å². The van der Waals surface area contributed by atoms with Crippen LogP contribution in [0.4, 0.5) is 5.69 Å². The lowest BCUT2D eigenvalue weighted by Crippen LogP contribution is -2.21. The van der Waals surface area contributed by atoms with Gasteiger partial charge < -0.3 is 10.0 Å². The van der Waals surface area contributed by atoms with E-state index in [-0.39, 0.29) is 6.42 Å². The Bertz CT molecular complexity index is 330. The van der Waals surface area contributed by atoms with Crippen LogP contribution in [0, 0.1) is 0 Å². The number of rotatable bonds is 4. The number of pyridine rings is 1. The van der Waals surface area contributed by atoms with Crippen molar-refractivity contribution in [3.05, 3.63) is 23.5 Å². The maximum absolute atomic E-state index is 10.3. The SMILES string of the molecule is CN(CCC(=O)O)c1ccncc1Cl. The van der Waals surface area contributed by atoms with Crippen LogP contribution in [-0.4, -0.2) is 29.7 Å². The molecule has 0 bridgehead atoms. The minimum absolute atomic E-state index is 0.0924. The van der Waals surface area contributed by atoms with Crippen LogP contribution in [0.1, 0.15) is 6.42 Å². The maximum Gasteiger partial charge on any atom is 0.305 e. The highest BCUT2D eigenvalue weighted by Gasteiger charge is 2.06. The van der Waals surface area contributed by atoms with E-state index in [0.717, 1.165) is 5.69 Å². The van der Waals surface area contributed by atoms with Crippen molar-refractivity contribution in [2.75, 3.05) is 18.5 Å². The first-order valence-electron chi connectivity index (χ1n) is 4.13. The zero-order valence-electron chi connectivity index (χ0n) is 7.77. The summed E-state index contributed by atoms with van der Waals surface area (Å²) >= 11 is 5.88. The van der Waals surface area contributed by atoms with Gasteiger partial charge in [-0.3, -0.25) is 9.78 Å². The van der Waals surface area contributed by atoms with Crippen molar-refractivity contribution in [2.24, 2.45) is 0 Å². The standard InChI is InChI=1S/C9H11ClN2O2/c1-12(5-3-9(13)14)8-2-4-11-6-7(8)10/h2,4,6H,3,5H2,1H3,(H,13,14). The van der Waals surface area contributed by atoms with Gasteiger partial charge in [0.1, 0.15) is 0 Å². The molecule has 76 valence electrons. The quantitative estimate of drug-likeness (QED) is 0.828. The number of carboxylic acid groups (broad SMARTS) is 1. The lowest BCUT2D eigenvalue weighted by molar-refractivity contribution is -0.136. The van der Waals surface area contributed by atoms with Crippen LogP contribution in [0.2, 0.25) is 5.02 Å². The predicted octanol–water partition coefficient (Wildman–Crippen LogP) is 1.65. The Kier molecular flexibility index (Phi) is 3.71. The number of carboxylic acids is 1. The Morgan fingerprint density at radius 2 is 2.43 bits per heavy atom. The van der Waals surface area contributed by atoms with Gasteiger partial charge in [-0.2, -0.15) is 0 Å². The number of halogens is 1. The minimum Gasteiger partial charge on any atom is -0.481 e. The largest absolute Gasteiger partial charge is 0.481 e. The Morgan fingerprint density at radius 3 is 3.00 bits per heavy atom. The third-order valence-electron chi connectivity index (χ3n) is 1.82. The summed E-state index contributed by atoms with van der Waals surface area (Å²) < 4.78 is 0. The highest BCUT2D eigenvalue weighted by atomic mass is 35.5. The van der Waals surface area contributed by atoms with Crippen LogP contribution >= 0.6 is 11.6 Å². The van der Waals surface area contributed by atoms with Crippen molar-refractivity contribution in [3.63, 3.8) is 0 Å². The Balaban J connectivity index is 2.65. The molecule has 1 heterocycles. The molecule has 1 N–H and O–H groups in total. The van der Waals surface area contributed by atoms with Gasteiger partial charge in [0.2, 0.25) is 0 Å². The first-order valence-corrected chi connectivity index (χ1v) is 4.51. The highest BCUT2D eigenvalue weighted by Crippen LogP contribution is 2.22. The molecule has 0 saturated carbocycles. The third kappa shape index (κ3) is 2.88. The molecule has 0 amide bonds. The predicted molar refractivity (Wildman–Crippen MR) is 54.8 cm³/mol. The van der Waals surface area contributed by atoms with E-state index in [4.69, 9.17) is 16.7 Å². The molecule has 5 heteroatoms. The molecule has 0 aliphatic rings. The molecule has 0 aliphatic heterocycles. The zero-order chi connectivity index (χ0) is 10.6. The molecule has 0 atom stereocenters. The smallest absolute Gasteiger partial charge is 0.305 e. The van der Waals surface area contributed by atoms with E-state index in [1.165, 1.54) is 6.20 Å². The molecule has 4 nitrogen and oxygen atoms in total. The van der Waals surface area contributed by atoms with E-state index in [9.17, 15) is 4.79 Å². The molecule has 14 heavy (non-hydrogen) atoms. The summed E-state index contributed by atoms with van der Waals surface area (Å²) in [6.07, 6.45) is 3.25. The Labute approximate surface area is 87.1 Å². The first kappa shape index (κ1) is 10.8. The van der Waals surface area contributed by atoms with Crippen molar-refractivity contribution in [3.8, 4) is 0 Å². The fourth-order valence-electron chi connectivity index (χ4n) is 1.06. The van der Waals surface area contributed by atoms with Gasteiger partial charge in [-0.1, -0.05) is 11.6 Å². The summed E-state index contributed by atoms with van der Waals surface area (Å²) in [6.45, 7) is 0.430. The van der Waals surface area contributed by atoms with Gasteiger partial charge in [-0.25, -0.2) is 0 Å². The van der Waals surface area contributed by atoms with Crippen molar-refractivity contribution >= 4 is 23.3 Å². The molecule has 0 unspecified atom stereocenters. The average Bonchev–Trinajstić information content (AvgIpc) is 2.15. The zero-order valence-corrected chi connectivity index (χ0v) is 8.53. The van der Waals surface area contributed by atoms with Crippen LogP contribution in [0.5, 0.6) is 0 Å². The first-order chi connectivity index (χ1) is 6.61. The van der Waals surface area contributed by atoms with Crippen molar-refractivity contribution < 1.29 is 9.90 Å². The van der Waals surface area contributed by atoms with Crippen LogP contribution in [0.25, 0.3) is 0 Å². The maximum atomic E-state index is 10.3. The van der Waals surface area contributed by atoms with E-state index in [2.05, 4.69) is 4.98 Å². The summed E-state index contributed by atoms with van der Waals surface area (Å²) in [7, 11) is 1.80. The molecule has 0 spiro atoms. The lowest BCUT2D eigenvalue weighted by Gasteiger charge is -2.18. The summed E-state index contributed by atoms with van der Waals surface area (Å²) in [4.78, 5) is 16.0. The van der Waals surface area contributed by atoms with Crippen molar-refractivity contribution in [1.82, 2.24) is 4.98 Å². The van der Waals surface area contributed by atoms with Crippen LogP contribution in [0.15, 0.2) is 18.5 Å². The normalized spacial score (nSPS) is 9.86. The van der Waals surface area contributed by atoms with E-state index >= 15 is 0 Å². The van der Waals surface area contributed by atoms with Gasteiger partial charge in [0, 0.05) is 26.0 Å². The Morgan fingerprint density at radius 1 is 1.71 bits per heavy atom. The molecule has 1 rings (SSSR count). The van der Waals surface area contributed by atoms with Crippen LogP contribution < -0.4 is 4.90 Å². The number of nitrogens with zero attached hydrogens (tertiary/aromatic N) is 2. The average molecular weight is 215 g/mol. The van der Waals surface area contributed by atoms with E-state index in [1.807, 2.05) is 0 Å². The minimum atomic E-state index is -0.818. The summed E-state index contributed by atoms with van der Waals surface area (Å²) in [6, 6.07) is 1.75. The molecule has 0 aliphatic carbocycles. The second-order valence-corrected chi connectivity index (χ2v) is 3.30. The topological polar surface area (TPSA) is 53.4 Å². The lowest BCUT2D eigenvalue weighted by atomic mass is 10.3. The number of carbonyl (C=O) groups is 1. The fourth-order valence-corrected chi connectivity index (χ4v) is 1.32. The van der Waals surface area contributed by atoms with E-state index in [1.54, 1.807) is 24.2 Å². The molecule has 0 aromatic carbocycles. The summed E-state index contributed by atoms with van der Waals surface area (Å²) in [5.74, 6) is -0.818. The fraction of sp³-hybridized carbons (Fsp3) is 0.333. The van der Waals surface area contributed by atoms with Crippen molar-refractivity contribution in [2.45, 2.75) is 6.42 Å². The van der Waals surface area contributed by atoms with Crippen molar-refractivity contribution in [1.29, 1.82) is 0 Å². The Hall–Kier alpha value is -1.29. The highest BCUT2D eigenvalue weighted by molar-refractivity contribution is 6.33. The second kappa shape index (κ2) is 4.81. The second-order valence-electron chi connectivity index (χ2n) is 2.89. The molecular weight excluding hydrogens is 204 g/mol. The van der Waals surface area contributed by atoms with Crippen LogP contribution in [-0.2, 0) is 4.79 Å². The number of aromatic nitrogens is 1. The summed E-state index contributed by atoms with van der Waals surface area (Å²) in [5.41, 5.74) is 0.794. The number of anilines is 1. The molecule has 0 saturated heterocycles.